The van der Waals surface area contributed by atoms with Gasteiger partial charge in [0.25, 0.3) is 0 Å². The van der Waals surface area contributed by atoms with Crippen molar-refractivity contribution in [3.63, 3.8) is 0 Å². The molecule has 0 saturated carbocycles. The predicted molar refractivity (Wildman–Crippen MR) is 155 cm³/mol. The molecule has 38 heavy (non-hydrogen) atoms. The Morgan fingerprint density at radius 1 is 0.816 bits per heavy atom. The number of rotatable bonds is 3. The van der Waals surface area contributed by atoms with Gasteiger partial charge in [0, 0.05) is 28.4 Å². The molecular weight excluding hydrogens is 466 g/mol. The van der Waals surface area contributed by atoms with Crippen LogP contribution in [0.2, 0.25) is 0 Å². The summed E-state index contributed by atoms with van der Waals surface area (Å²) < 4.78 is 2.31. The molecule has 5 aromatic rings. The van der Waals surface area contributed by atoms with Gasteiger partial charge >= 0.3 is 0 Å². The van der Waals surface area contributed by atoms with Crippen LogP contribution in [0, 0.1) is 0 Å². The van der Waals surface area contributed by atoms with E-state index < -0.39 is 0 Å². The van der Waals surface area contributed by atoms with Gasteiger partial charge in [-0.1, -0.05) is 60.7 Å². The van der Waals surface area contributed by atoms with Crippen molar-refractivity contribution < 1.29 is 0 Å². The van der Waals surface area contributed by atoms with Crippen molar-refractivity contribution >= 4 is 39.9 Å². The molecule has 1 N–H and O–H groups in total. The van der Waals surface area contributed by atoms with E-state index in [1.54, 1.807) is 0 Å². The van der Waals surface area contributed by atoms with Crippen LogP contribution in [0.3, 0.4) is 0 Å². The second-order valence-electron chi connectivity index (χ2n) is 9.89. The van der Waals surface area contributed by atoms with Gasteiger partial charge in [0.15, 0.2) is 0 Å². The summed E-state index contributed by atoms with van der Waals surface area (Å²) in [5.74, 6) is 1.09. The monoisotopic (exact) mass is 491 g/mol. The quantitative estimate of drug-likeness (QED) is 0.280. The minimum absolute atomic E-state index is 0.0533. The molecule has 0 bridgehead atoms. The van der Waals surface area contributed by atoms with Crippen molar-refractivity contribution in [2.24, 2.45) is 4.99 Å². The van der Waals surface area contributed by atoms with Crippen LogP contribution in [0.1, 0.15) is 35.7 Å². The lowest BCUT2D eigenvalue weighted by molar-refractivity contribution is 0.907. The minimum Gasteiger partial charge on any atom is -0.358 e. The van der Waals surface area contributed by atoms with Crippen molar-refractivity contribution in [3.8, 4) is 5.69 Å². The Morgan fingerprint density at radius 3 is 2.50 bits per heavy atom. The summed E-state index contributed by atoms with van der Waals surface area (Å²) in [5, 5.41) is 5.16. The first-order chi connectivity index (χ1) is 18.9. The zero-order valence-corrected chi connectivity index (χ0v) is 20.8. The second kappa shape index (κ2) is 8.32. The number of para-hydroxylation sites is 3. The normalized spacial score (nSPS) is 17.4. The molecule has 5 heterocycles. The summed E-state index contributed by atoms with van der Waals surface area (Å²) in [6.45, 7) is 0. The molecule has 182 valence electrons. The first-order valence-corrected chi connectivity index (χ1v) is 13.1. The van der Waals surface area contributed by atoms with Crippen molar-refractivity contribution in [2.75, 3.05) is 10.2 Å². The summed E-state index contributed by atoms with van der Waals surface area (Å²) in [6, 6.07) is 32.3. The van der Waals surface area contributed by atoms with E-state index in [1.165, 1.54) is 33.6 Å². The lowest BCUT2D eigenvalue weighted by Crippen LogP contribution is -2.22. The predicted octanol–water partition coefficient (Wildman–Crippen LogP) is 7.78. The van der Waals surface area contributed by atoms with E-state index in [2.05, 4.69) is 123 Å². The largest absolute Gasteiger partial charge is 0.358 e. The van der Waals surface area contributed by atoms with Crippen molar-refractivity contribution in [3.05, 3.63) is 132 Å². The Morgan fingerprint density at radius 2 is 1.66 bits per heavy atom. The molecule has 0 radical (unpaired) electrons. The van der Waals surface area contributed by atoms with Crippen LogP contribution < -0.4 is 10.2 Å². The minimum atomic E-state index is 0.0533. The molecule has 0 amide bonds. The topological polar surface area (TPSA) is 45.5 Å². The first kappa shape index (κ1) is 21.2. The lowest BCUT2D eigenvalue weighted by Gasteiger charge is -2.28. The Kier molecular flexibility index (Phi) is 4.64. The number of aromatic nitrogens is 2. The van der Waals surface area contributed by atoms with Crippen LogP contribution in [0.25, 0.3) is 22.7 Å². The number of anilines is 3. The molecule has 5 heteroatoms. The average Bonchev–Trinajstić information content (AvgIpc) is 3.49. The fourth-order valence-corrected chi connectivity index (χ4v) is 6.02. The van der Waals surface area contributed by atoms with E-state index in [1.807, 2.05) is 12.4 Å². The zero-order chi connectivity index (χ0) is 25.1. The molecule has 3 aliphatic rings. The van der Waals surface area contributed by atoms with Gasteiger partial charge < -0.3 is 10.2 Å². The number of pyridine rings is 1. The van der Waals surface area contributed by atoms with E-state index in [9.17, 15) is 0 Å². The number of benzene rings is 3. The van der Waals surface area contributed by atoms with Crippen LogP contribution in [-0.4, -0.2) is 15.3 Å². The fourth-order valence-electron chi connectivity index (χ4n) is 6.02. The highest BCUT2D eigenvalue weighted by Crippen LogP contribution is 2.52. The molecule has 3 aliphatic heterocycles. The highest BCUT2D eigenvalue weighted by molar-refractivity contribution is 6.02. The molecule has 1 unspecified atom stereocenters. The molecular formula is C33H25N5. The third kappa shape index (κ3) is 3.12. The average molecular weight is 492 g/mol. The van der Waals surface area contributed by atoms with Gasteiger partial charge in [-0.15, -0.1) is 0 Å². The van der Waals surface area contributed by atoms with Crippen LogP contribution >= 0.6 is 0 Å². The van der Waals surface area contributed by atoms with Gasteiger partial charge in [0.2, 0.25) is 0 Å². The van der Waals surface area contributed by atoms with Gasteiger partial charge in [0.05, 0.1) is 46.2 Å². The maximum atomic E-state index is 4.83. The zero-order valence-electron chi connectivity index (χ0n) is 20.8. The van der Waals surface area contributed by atoms with Crippen LogP contribution in [0.15, 0.2) is 120 Å². The van der Waals surface area contributed by atoms with E-state index >= 15 is 0 Å². The van der Waals surface area contributed by atoms with Crippen LogP contribution in [0.5, 0.6) is 0 Å². The molecule has 5 nitrogen and oxygen atoms in total. The Hall–Kier alpha value is -4.90. The Labute approximate surface area is 221 Å². The van der Waals surface area contributed by atoms with E-state index in [0.717, 1.165) is 41.3 Å². The molecule has 0 spiro atoms. The summed E-state index contributed by atoms with van der Waals surface area (Å²) in [4.78, 5) is 11.8. The maximum Gasteiger partial charge on any atom is 0.120 e. The number of nitrogens with zero attached hydrogens (tertiary/aromatic N) is 4. The summed E-state index contributed by atoms with van der Waals surface area (Å²) >= 11 is 0. The highest BCUT2D eigenvalue weighted by atomic mass is 15.2. The van der Waals surface area contributed by atoms with Crippen molar-refractivity contribution in [1.29, 1.82) is 0 Å². The summed E-state index contributed by atoms with van der Waals surface area (Å²) in [6.07, 6.45) is 10.3. The van der Waals surface area contributed by atoms with Gasteiger partial charge in [-0.25, -0.2) is 0 Å². The summed E-state index contributed by atoms with van der Waals surface area (Å²) in [5.41, 5.74) is 10.3. The van der Waals surface area contributed by atoms with Crippen LogP contribution in [0.4, 0.5) is 17.2 Å². The number of hydrogen-bond donors (Lipinski definition) is 1. The SMILES string of the molecule is C1=CN=C(c2ccc(-n3c4c(c5ccccc53)C=C3C(N4)c4ccccc4N3c3ccccc3)cn2)CC1. The Bertz CT molecular complexity index is 1790. The molecule has 8 rings (SSSR count). The highest BCUT2D eigenvalue weighted by Gasteiger charge is 2.38. The third-order valence-electron chi connectivity index (χ3n) is 7.73. The van der Waals surface area contributed by atoms with Crippen molar-refractivity contribution in [2.45, 2.75) is 18.9 Å². The standard InChI is InChI=1S/C33H25N5/c1-2-10-22(11-3-1)37-30-16-7-5-13-25(30)32-31(37)20-26-24-12-4-6-15-29(24)38(33(26)36-32)23-17-18-28(35-21-23)27-14-8-9-19-34-27/h1-7,9-13,15-21,32,36H,8,14H2. The first-order valence-electron chi connectivity index (χ1n) is 13.1. The number of aliphatic imine (C=N–C) groups is 1. The van der Waals surface area contributed by atoms with Gasteiger partial charge in [0.1, 0.15) is 5.82 Å². The van der Waals surface area contributed by atoms with E-state index in [-0.39, 0.29) is 6.04 Å². The Balaban J connectivity index is 1.31. The van der Waals surface area contributed by atoms with Gasteiger partial charge in [-0.05, 0) is 55.3 Å². The molecule has 2 aromatic heterocycles. The number of hydrogen-bond acceptors (Lipinski definition) is 4. The van der Waals surface area contributed by atoms with Gasteiger partial charge in [-0.2, -0.15) is 0 Å². The molecule has 3 aromatic carbocycles. The molecule has 0 saturated heterocycles. The van der Waals surface area contributed by atoms with Gasteiger partial charge in [-0.3, -0.25) is 14.5 Å². The molecule has 1 atom stereocenters. The maximum absolute atomic E-state index is 4.83. The van der Waals surface area contributed by atoms with Crippen LogP contribution in [-0.2, 0) is 0 Å². The van der Waals surface area contributed by atoms with E-state index in [0.29, 0.717) is 0 Å². The number of fused-ring (bicyclic) bond motifs is 6. The lowest BCUT2D eigenvalue weighted by atomic mass is 10.0. The van der Waals surface area contributed by atoms with E-state index in [4.69, 9.17) is 4.98 Å². The second-order valence-corrected chi connectivity index (χ2v) is 9.89. The molecule has 0 fully saturated rings. The van der Waals surface area contributed by atoms with Crippen molar-refractivity contribution in [1.82, 2.24) is 9.55 Å². The summed E-state index contributed by atoms with van der Waals surface area (Å²) in [7, 11) is 0. The molecule has 0 aliphatic carbocycles. The number of nitrogens with one attached hydrogen (secondary N) is 1. The smallest absolute Gasteiger partial charge is 0.120 e. The number of allylic oxidation sites excluding steroid dienone is 1. The fraction of sp³-hybridized carbons (Fsp3) is 0.0909. The third-order valence-corrected chi connectivity index (χ3v) is 7.73.